The number of Topliss-reactive ketones (excluding diaryl/α,β-unsaturated/α-hetero) is 1. The smallest absolute Gasteiger partial charge is 0.346 e. The van der Waals surface area contributed by atoms with E-state index in [1.54, 1.807) is 11.8 Å². The van der Waals surface area contributed by atoms with Crippen molar-refractivity contribution in [2.75, 3.05) is 13.2 Å². The zero-order chi connectivity index (χ0) is 21.8. The number of hydrogen-bond donors (Lipinski definition) is 0. The second kappa shape index (κ2) is 5.76. The maximum atomic E-state index is 13.9. The van der Waals surface area contributed by atoms with E-state index < -0.39 is 22.7 Å². The molecule has 7 heteroatoms. The number of fused-ring (bicyclic) bond motifs is 5. The van der Waals surface area contributed by atoms with Crippen molar-refractivity contribution in [3.8, 4) is 0 Å². The first kappa shape index (κ1) is 19.0. The lowest BCUT2D eigenvalue weighted by molar-refractivity contribution is -0.202. The molecule has 0 saturated carbocycles. The van der Waals surface area contributed by atoms with Crippen LogP contribution in [0.25, 0.3) is 10.9 Å². The van der Waals surface area contributed by atoms with Crippen LogP contribution in [0, 0.1) is 5.41 Å². The minimum atomic E-state index is -1.64. The van der Waals surface area contributed by atoms with E-state index in [0.29, 0.717) is 31.4 Å². The molecule has 31 heavy (non-hydrogen) atoms. The predicted octanol–water partition coefficient (Wildman–Crippen LogP) is 2.91. The highest BCUT2D eigenvalue weighted by molar-refractivity contribution is 6.16. The van der Waals surface area contributed by atoms with Crippen molar-refractivity contribution in [3.63, 3.8) is 0 Å². The number of hydrogen-bond acceptors (Lipinski definition) is 5. The molecule has 0 radical (unpaired) electrons. The van der Waals surface area contributed by atoms with E-state index in [-0.39, 0.29) is 30.6 Å². The van der Waals surface area contributed by atoms with Crippen molar-refractivity contribution < 1.29 is 23.9 Å². The van der Waals surface area contributed by atoms with Gasteiger partial charge in [0.2, 0.25) is 5.60 Å². The van der Waals surface area contributed by atoms with Crippen molar-refractivity contribution in [1.82, 2.24) is 9.47 Å². The summed E-state index contributed by atoms with van der Waals surface area (Å²) in [6, 6.07) is 7.88. The first-order chi connectivity index (χ1) is 14.9. The SMILES string of the molecule is CCOC(=O)[C@@]12CC3c4c(c5ccccc5n4C)C(=O)N4CCC[C@](CC)(C1=O)[C@@]34O2. The average molecular weight is 422 g/mol. The summed E-state index contributed by atoms with van der Waals surface area (Å²) in [6.45, 7) is 4.40. The minimum absolute atomic E-state index is 0.102. The highest BCUT2D eigenvalue weighted by atomic mass is 16.6. The Kier molecular flexibility index (Phi) is 3.54. The van der Waals surface area contributed by atoms with E-state index in [9.17, 15) is 14.4 Å². The monoisotopic (exact) mass is 422 g/mol. The number of rotatable bonds is 3. The molecule has 4 aliphatic rings. The third kappa shape index (κ3) is 1.78. The van der Waals surface area contributed by atoms with Gasteiger partial charge < -0.3 is 18.9 Å². The number of amides is 1. The molecular formula is C24H26N2O5. The van der Waals surface area contributed by atoms with Gasteiger partial charge in [-0.25, -0.2) is 4.79 Å². The van der Waals surface area contributed by atoms with Gasteiger partial charge in [-0.05, 0) is 32.3 Å². The van der Waals surface area contributed by atoms with Crippen molar-refractivity contribution in [1.29, 1.82) is 0 Å². The van der Waals surface area contributed by atoms with Crippen LogP contribution in [0.5, 0.6) is 0 Å². The van der Waals surface area contributed by atoms with E-state index in [1.807, 2.05) is 38.2 Å². The van der Waals surface area contributed by atoms with E-state index in [0.717, 1.165) is 16.6 Å². The molecule has 1 amide bonds. The van der Waals surface area contributed by atoms with Gasteiger partial charge in [-0.2, -0.15) is 0 Å². The third-order valence-electron chi connectivity index (χ3n) is 8.32. The van der Waals surface area contributed by atoms with Gasteiger partial charge in [0.1, 0.15) is 0 Å². The van der Waals surface area contributed by atoms with Crippen LogP contribution in [0.1, 0.15) is 61.5 Å². The van der Waals surface area contributed by atoms with Crippen LogP contribution in [-0.2, 0) is 26.1 Å². The standard InChI is InChI=1S/C24H26N2O5/c1-4-22-11-8-12-26-19(27)17-14-9-6-7-10-16(14)25(3)18(17)15-13-23(20(22)28,21(29)30-5-2)31-24(15,22)26/h6-7,9-10,15H,4-5,8,11-13H2,1-3H3/t15?,22-,23-,24+/m1/s1. The maximum absolute atomic E-state index is 13.9. The Morgan fingerprint density at radius 3 is 2.77 bits per heavy atom. The topological polar surface area (TPSA) is 77.8 Å². The summed E-state index contributed by atoms with van der Waals surface area (Å²) in [5.41, 5.74) is -1.14. The second-order valence-corrected chi connectivity index (χ2v) is 9.26. The van der Waals surface area contributed by atoms with Crippen LogP contribution in [0.4, 0.5) is 0 Å². The Hall–Kier alpha value is -2.67. The van der Waals surface area contributed by atoms with Gasteiger partial charge in [0.15, 0.2) is 11.5 Å². The van der Waals surface area contributed by atoms with Gasteiger partial charge in [0, 0.05) is 36.6 Å². The molecule has 4 atom stereocenters. The van der Waals surface area contributed by atoms with Crippen LogP contribution in [0.15, 0.2) is 24.3 Å². The number of benzene rings is 1. The quantitative estimate of drug-likeness (QED) is 0.562. The van der Waals surface area contributed by atoms with Crippen LogP contribution in [0.3, 0.4) is 0 Å². The molecule has 2 aromatic rings. The number of aryl methyl sites for hydroxylation is 1. The Balaban J connectivity index is 1.69. The van der Waals surface area contributed by atoms with Crippen molar-refractivity contribution >= 4 is 28.6 Å². The first-order valence-corrected chi connectivity index (χ1v) is 11.2. The summed E-state index contributed by atoms with van der Waals surface area (Å²) in [4.78, 5) is 42.9. The molecule has 0 N–H and O–H groups in total. The number of aromatic nitrogens is 1. The van der Waals surface area contributed by atoms with Crippen molar-refractivity contribution in [3.05, 3.63) is 35.5 Å². The van der Waals surface area contributed by atoms with Gasteiger partial charge in [0.25, 0.3) is 5.91 Å². The zero-order valence-electron chi connectivity index (χ0n) is 18.1. The molecule has 7 nitrogen and oxygen atoms in total. The van der Waals surface area contributed by atoms with Crippen molar-refractivity contribution in [2.24, 2.45) is 12.5 Å². The van der Waals surface area contributed by atoms with E-state index in [4.69, 9.17) is 9.47 Å². The van der Waals surface area contributed by atoms with Gasteiger partial charge in [-0.15, -0.1) is 0 Å². The van der Waals surface area contributed by atoms with E-state index >= 15 is 0 Å². The molecule has 1 spiro atoms. The Morgan fingerprint density at radius 2 is 2.03 bits per heavy atom. The number of carbonyl (C=O) groups excluding carboxylic acids is 3. The molecule has 0 aliphatic carbocycles. The summed E-state index contributed by atoms with van der Waals surface area (Å²) in [7, 11) is 1.96. The summed E-state index contributed by atoms with van der Waals surface area (Å²) >= 11 is 0. The predicted molar refractivity (Wildman–Crippen MR) is 111 cm³/mol. The lowest BCUT2D eigenvalue weighted by atomic mass is 9.54. The molecule has 1 aromatic heterocycles. The largest absolute Gasteiger partial charge is 0.464 e. The first-order valence-electron chi connectivity index (χ1n) is 11.2. The lowest BCUT2D eigenvalue weighted by Gasteiger charge is -2.57. The van der Waals surface area contributed by atoms with Crippen LogP contribution in [0.2, 0.25) is 0 Å². The maximum Gasteiger partial charge on any atom is 0.346 e. The number of para-hydroxylation sites is 1. The van der Waals surface area contributed by atoms with Crippen LogP contribution < -0.4 is 0 Å². The Labute approximate surface area is 180 Å². The van der Waals surface area contributed by atoms with Crippen molar-refractivity contribution in [2.45, 2.75) is 56.8 Å². The summed E-state index contributed by atoms with van der Waals surface area (Å²) < 4.78 is 14.0. The van der Waals surface area contributed by atoms with Crippen LogP contribution >= 0.6 is 0 Å². The minimum Gasteiger partial charge on any atom is -0.464 e. The normalized spacial score (nSPS) is 35.5. The highest BCUT2D eigenvalue weighted by Gasteiger charge is 2.85. The molecule has 3 saturated heterocycles. The number of carbonyl (C=O) groups is 3. The van der Waals surface area contributed by atoms with Gasteiger partial charge in [-0.3, -0.25) is 9.59 Å². The number of nitrogens with zero attached hydrogens (tertiary/aromatic N) is 2. The average Bonchev–Trinajstić information content (AvgIpc) is 3.36. The molecule has 162 valence electrons. The molecule has 3 fully saturated rings. The molecule has 6 rings (SSSR count). The summed E-state index contributed by atoms with van der Waals surface area (Å²) in [5, 5.41) is 0.909. The fourth-order valence-corrected chi connectivity index (χ4v) is 7.19. The Bertz CT molecular complexity index is 1180. The number of ether oxygens (including phenoxy) is 2. The summed E-state index contributed by atoms with van der Waals surface area (Å²) in [6.07, 6.45) is 2.06. The number of esters is 1. The van der Waals surface area contributed by atoms with Crippen LogP contribution in [-0.4, -0.2) is 51.6 Å². The Morgan fingerprint density at radius 1 is 1.26 bits per heavy atom. The number of piperidine rings is 1. The summed E-state index contributed by atoms with van der Waals surface area (Å²) in [5.74, 6) is -1.18. The molecule has 2 bridgehead atoms. The lowest BCUT2D eigenvalue weighted by Crippen LogP contribution is -2.70. The molecule has 5 heterocycles. The van der Waals surface area contributed by atoms with Gasteiger partial charge in [0.05, 0.1) is 23.5 Å². The van der Waals surface area contributed by atoms with E-state index in [2.05, 4.69) is 4.57 Å². The number of ketones is 1. The van der Waals surface area contributed by atoms with Gasteiger partial charge >= 0.3 is 5.97 Å². The van der Waals surface area contributed by atoms with Gasteiger partial charge in [-0.1, -0.05) is 25.1 Å². The second-order valence-electron chi connectivity index (χ2n) is 9.26. The molecular weight excluding hydrogens is 396 g/mol. The molecule has 4 aliphatic heterocycles. The fourth-order valence-electron chi connectivity index (χ4n) is 7.19. The van der Waals surface area contributed by atoms with E-state index in [1.165, 1.54) is 0 Å². The molecule has 1 aromatic carbocycles. The zero-order valence-corrected chi connectivity index (χ0v) is 18.1. The third-order valence-corrected chi connectivity index (χ3v) is 8.32. The highest BCUT2D eigenvalue weighted by Crippen LogP contribution is 2.71. The fraction of sp³-hybridized carbons (Fsp3) is 0.542. The molecule has 1 unspecified atom stereocenters.